The number of hydrogen-bond acceptors (Lipinski definition) is 3. The van der Waals surface area contributed by atoms with E-state index < -0.39 is 23.6 Å². The highest BCUT2D eigenvalue weighted by Gasteiger charge is 2.43. The third-order valence-electron chi connectivity index (χ3n) is 4.86. The van der Waals surface area contributed by atoms with Gasteiger partial charge in [0.25, 0.3) is 5.91 Å². The topological polar surface area (TPSA) is 77.9 Å². The third kappa shape index (κ3) is 3.11. The summed E-state index contributed by atoms with van der Waals surface area (Å²) in [7, 11) is 0. The van der Waals surface area contributed by atoms with E-state index in [0.717, 1.165) is 0 Å². The fourth-order valence-electron chi connectivity index (χ4n) is 3.26. The summed E-state index contributed by atoms with van der Waals surface area (Å²) in [4.78, 5) is 39.0. The average Bonchev–Trinajstić information content (AvgIpc) is 2.52. The van der Waals surface area contributed by atoms with Crippen LogP contribution in [0.2, 0.25) is 0 Å². The SMILES string of the molecule is O=C(O)C1CCC1C(=O)N1CCN(C(=O)c2cccc(F)c2)CC1. The van der Waals surface area contributed by atoms with Crippen molar-refractivity contribution < 1.29 is 23.9 Å². The number of carbonyl (C=O) groups is 3. The lowest BCUT2D eigenvalue weighted by Gasteiger charge is -2.40. The van der Waals surface area contributed by atoms with Gasteiger partial charge in [-0.05, 0) is 31.0 Å². The molecule has 0 radical (unpaired) electrons. The minimum atomic E-state index is -0.917. The van der Waals surface area contributed by atoms with Crippen molar-refractivity contribution in [3.05, 3.63) is 35.6 Å². The van der Waals surface area contributed by atoms with E-state index in [0.29, 0.717) is 44.6 Å². The van der Waals surface area contributed by atoms with E-state index in [2.05, 4.69) is 0 Å². The summed E-state index contributed by atoms with van der Waals surface area (Å²) in [5.74, 6) is -2.78. The molecule has 1 aliphatic carbocycles. The zero-order chi connectivity index (χ0) is 17.3. The van der Waals surface area contributed by atoms with Crippen molar-refractivity contribution >= 4 is 17.8 Å². The Kier molecular flexibility index (Phi) is 4.51. The Bertz CT molecular complexity index is 670. The van der Waals surface area contributed by atoms with E-state index in [9.17, 15) is 18.8 Å². The number of rotatable bonds is 3. The highest BCUT2D eigenvalue weighted by Crippen LogP contribution is 2.36. The van der Waals surface area contributed by atoms with Crippen LogP contribution in [-0.4, -0.2) is 58.9 Å². The molecule has 128 valence electrons. The first-order chi connectivity index (χ1) is 11.5. The van der Waals surface area contributed by atoms with E-state index in [4.69, 9.17) is 5.11 Å². The lowest BCUT2D eigenvalue weighted by Crippen LogP contribution is -2.54. The van der Waals surface area contributed by atoms with Crippen LogP contribution < -0.4 is 0 Å². The lowest BCUT2D eigenvalue weighted by molar-refractivity contribution is -0.157. The molecule has 1 saturated carbocycles. The molecular formula is C17H19FN2O4. The third-order valence-corrected chi connectivity index (χ3v) is 4.86. The molecule has 6 nitrogen and oxygen atoms in total. The van der Waals surface area contributed by atoms with Gasteiger partial charge in [0, 0.05) is 31.7 Å². The van der Waals surface area contributed by atoms with Crippen LogP contribution in [0.3, 0.4) is 0 Å². The molecule has 1 heterocycles. The molecule has 2 aliphatic rings. The Morgan fingerprint density at radius 1 is 1.00 bits per heavy atom. The standard InChI is InChI=1S/C17H19FN2O4/c18-12-3-1-2-11(10-12)15(21)19-6-8-20(9-7-19)16(22)13-4-5-14(13)17(23)24/h1-3,10,13-14H,4-9H2,(H,23,24). The molecule has 2 amide bonds. The summed E-state index contributed by atoms with van der Waals surface area (Å²) in [6.45, 7) is 1.49. The highest BCUT2D eigenvalue weighted by atomic mass is 19.1. The number of carboxylic acid groups (broad SMARTS) is 1. The molecule has 1 saturated heterocycles. The molecule has 7 heteroatoms. The van der Waals surface area contributed by atoms with Crippen molar-refractivity contribution in [3.63, 3.8) is 0 Å². The molecule has 0 aromatic heterocycles. The van der Waals surface area contributed by atoms with E-state index in [1.54, 1.807) is 15.9 Å². The Labute approximate surface area is 138 Å². The van der Waals surface area contributed by atoms with Crippen molar-refractivity contribution in [3.8, 4) is 0 Å². The van der Waals surface area contributed by atoms with E-state index >= 15 is 0 Å². The molecule has 24 heavy (non-hydrogen) atoms. The van der Waals surface area contributed by atoms with Crippen LogP contribution in [0.25, 0.3) is 0 Å². The van der Waals surface area contributed by atoms with Crippen molar-refractivity contribution in [1.29, 1.82) is 0 Å². The Balaban J connectivity index is 1.57. The number of amides is 2. The summed E-state index contributed by atoms with van der Waals surface area (Å²) < 4.78 is 13.2. The molecule has 2 fully saturated rings. The van der Waals surface area contributed by atoms with Gasteiger partial charge in [0.15, 0.2) is 0 Å². The second-order valence-electron chi connectivity index (χ2n) is 6.26. The van der Waals surface area contributed by atoms with E-state index in [1.165, 1.54) is 18.2 Å². The predicted molar refractivity (Wildman–Crippen MR) is 82.7 cm³/mol. The summed E-state index contributed by atoms with van der Waals surface area (Å²) in [6.07, 6.45) is 1.15. The Hall–Kier alpha value is -2.44. The summed E-state index contributed by atoms with van der Waals surface area (Å²) in [6, 6.07) is 5.54. The van der Waals surface area contributed by atoms with Crippen LogP contribution in [0, 0.1) is 17.7 Å². The van der Waals surface area contributed by atoms with Crippen LogP contribution in [0.4, 0.5) is 4.39 Å². The first-order valence-corrected chi connectivity index (χ1v) is 8.04. The van der Waals surface area contributed by atoms with Crippen molar-refractivity contribution in [2.45, 2.75) is 12.8 Å². The first kappa shape index (κ1) is 16.4. The van der Waals surface area contributed by atoms with Gasteiger partial charge in [0.05, 0.1) is 11.8 Å². The molecule has 0 spiro atoms. The van der Waals surface area contributed by atoms with Gasteiger partial charge in [-0.25, -0.2) is 4.39 Å². The number of carbonyl (C=O) groups excluding carboxylic acids is 2. The van der Waals surface area contributed by atoms with Crippen molar-refractivity contribution in [2.75, 3.05) is 26.2 Å². The molecule has 2 unspecified atom stereocenters. The number of carboxylic acids is 1. The fourth-order valence-corrected chi connectivity index (χ4v) is 3.26. The van der Waals surface area contributed by atoms with Gasteiger partial charge < -0.3 is 14.9 Å². The van der Waals surface area contributed by atoms with Gasteiger partial charge in [-0.15, -0.1) is 0 Å². The summed E-state index contributed by atoms with van der Waals surface area (Å²) in [5, 5.41) is 9.06. The number of halogens is 1. The van der Waals surface area contributed by atoms with Crippen LogP contribution in [-0.2, 0) is 9.59 Å². The van der Waals surface area contributed by atoms with Crippen molar-refractivity contribution in [2.24, 2.45) is 11.8 Å². The molecule has 0 bridgehead atoms. The monoisotopic (exact) mass is 334 g/mol. The van der Waals surface area contributed by atoms with E-state index in [1.807, 2.05) is 0 Å². The first-order valence-electron chi connectivity index (χ1n) is 8.04. The predicted octanol–water partition coefficient (Wildman–Crippen LogP) is 1.22. The number of hydrogen-bond donors (Lipinski definition) is 1. The molecule has 1 N–H and O–H groups in total. The van der Waals surface area contributed by atoms with Gasteiger partial charge in [-0.3, -0.25) is 14.4 Å². The van der Waals surface area contributed by atoms with Gasteiger partial charge >= 0.3 is 5.97 Å². The second kappa shape index (κ2) is 6.59. The van der Waals surface area contributed by atoms with Crippen LogP contribution in [0.1, 0.15) is 23.2 Å². The number of piperazine rings is 1. The van der Waals surface area contributed by atoms with E-state index in [-0.39, 0.29) is 11.8 Å². The molecule has 3 rings (SSSR count). The number of benzene rings is 1. The maximum absolute atomic E-state index is 13.2. The molecule has 1 aromatic rings. The smallest absolute Gasteiger partial charge is 0.307 e. The lowest BCUT2D eigenvalue weighted by atomic mass is 9.73. The van der Waals surface area contributed by atoms with Crippen LogP contribution >= 0.6 is 0 Å². The quantitative estimate of drug-likeness (QED) is 0.902. The van der Waals surface area contributed by atoms with Gasteiger partial charge in [-0.1, -0.05) is 6.07 Å². The zero-order valence-electron chi connectivity index (χ0n) is 13.2. The number of nitrogens with zero attached hydrogens (tertiary/aromatic N) is 2. The Morgan fingerprint density at radius 2 is 1.62 bits per heavy atom. The highest BCUT2D eigenvalue weighted by molar-refractivity contribution is 5.94. The molecular weight excluding hydrogens is 315 g/mol. The largest absolute Gasteiger partial charge is 0.481 e. The average molecular weight is 334 g/mol. The minimum absolute atomic E-state index is 0.133. The molecule has 2 atom stereocenters. The normalized spacial score (nSPS) is 23.5. The Morgan fingerprint density at radius 3 is 2.17 bits per heavy atom. The summed E-state index contributed by atoms with van der Waals surface area (Å²) in [5.41, 5.74) is 0.291. The fraction of sp³-hybridized carbons (Fsp3) is 0.471. The summed E-state index contributed by atoms with van der Waals surface area (Å²) >= 11 is 0. The van der Waals surface area contributed by atoms with Gasteiger partial charge in [0.2, 0.25) is 5.91 Å². The van der Waals surface area contributed by atoms with Crippen LogP contribution in [0.15, 0.2) is 24.3 Å². The zero-order valence-corrected chi connectivity index (χ0v) is 13.2. The number of aliphatic carboxylic acids is 1. The maximum atomic E-state index is 13.2. The van der Waals surface area contributed by atoms with Crippen molar-refractivity contribution in [1.82, 2.24) is 9.80 Å². The molecule has 1 aliphatic heterocycles. The maximum Gasteiger partial charge on any atom is 0.307 e. The minimum Gasteiger partial charge on any atom is -0.481 e. The van der Waals surface area contributed by atoms with Crippen LogP contribution in [0.5, 0.6) is 0 Å². The second-order valence-corrected chi connectivity index (χ2v) is 6.26. The van der Waals surface area contributed by atoms with Gasteiger partial charge in [0.1, 0.15) is 5.82 Å². The molecule has 1 aromatic carbocycles. The van der Waals surface area contributed by atoms with Gasteiger partial charge in [-0.2, -0.15) is 0 Å².